The van der Waals surface area contributed by atoms with Crippen LogP contribution >= 0.6 is 22.9 Å². The van der Waals surface area contributed by atoms with E-state index < -0.39 is 22.8 Å². The molecule has 1 N–H and O–H groups in total. The highest BCUT2D eigenvalue weighted by atomic mass is 35.5. The minimum atomic E-state index is -4.53. The lowest BCUT2D eigenvalue weighted by molar-refractivity contribution is -0.134. The highest BCUT2D eigenvalue weighted by Crippen LogP contribution is 2.41. The van der Waals surface area contributed by atoms with Gasteiger partial charge < -0.3 is 19.1 Å². The number of carboxylic acids is 1. The van der Waals surface area contributed by atoms with Crippen LogP contribution in [0.5, 0.6) is 5.88 Å². The lowest BCUT2D eigenvalue weighted by atomic mass is 9.87. The Morgan fingerprint density at radius 1 is 1.20 bits per heavy atom. The molecule has 8 nitrogen and oxygen atoms in total. The molecule has 4 heterocycles. The largest absolute Gasteiger partial charge is 0.478 e. The van der Waals surface area contributed by atoms with Crippen LogP contribution < -0.4 is 4.74 Å². The summed E-state index contributed by atoms with van der Waals surface area (Å²) in [5.74, 6) is -1.49. The second-order valence-electron chi connectivity index (χ2n) is 11.7. The van der Waals surface area contributed by atoms with Gasteiger partial charge in [0, 0.05) is 22.4 Å². The molecule has 14 heteroatoms. The van der Waals surface area contributed by atoms with E-state index in [9.17, 15) is 27.5 Å². The molecule has 0 radical (unpaired) electrons. The van der Waals surface area contributed by atoms with Crippen LogP contribution in [0.15, 0.2) is 48.7 Å². The third kappa shape index (κ3) is 6.18. The molecule has 240 valence electrons. The molecular weight excluding hydrogens is 648 g/mol. The molecule has 1 saturated heterocycles. The molecule has 1 fully saturated rings. The SMILES string of the molecule is Cc1cc(Cc2nc3ccc(C(=O)O)cc3n2[C@@H]2COCC2(C)C)c(Cl)cc1-c1ccc(F)c(OCc2ncc(C(F)(F)F)s2)n1. The number of aromatic carboxylic acids is 1. The van der Waals surface area contributed by atoms with Crippen molar-refractivity contribution in [1.82, 2.24) is 19.5 Å². The van der Waals surface area contributed by atoms with Crippen LogP contribution in [0.3, 0.4) is 0 Å². The molecule has 0 spiro atoms. The Bertz CT molecular complexity index is 1970. The topological polar surface area (TPSA) is 99.4 Å². The fourth-order valence-corrected chi connectivity index (χ4v) is 6.49. The maximum atomic E-state index is 14.6. The van der Waals surface area contributed by atoms with E-state index in [0.29, 0.717) is 70.3 Å². The van der Waals surface area contributed by atoms with Crippen molar-refractivity contribution in [2.24, 2.45) is 5.41 Å². The molecule has 1 atom stereocenters. The first kappa shape index (κ1) is 31.9. The van der Waals surface area contributed by atoms with Crippen molar-refractivity contribution in [3.63, 3.8) is 0 Å². The van der Waals surface area contributed by atoms with Crippen molar-refractivity contribution in [3.05, 3.63) is 91.9 Å². The second-order valence-corrected chi connectivity index (χ2v) is 13.3. The zero-order chi connectivity index (χ0) is 33.0. The number of hydrogen-bond acceptors (Lipinski definition) is 7. The summed E-state index contributed by atoms with van der Waals surface area (Å²) in [7, 11) is 0. The summed E-state index contributed by atoms with van der Waals surface area (Å²) in [6, 6.07) is 11.0. The fourth-order valence-electron chi connectivity index (χ4n) is 5.56. The monoisotopic (exact) mass is 674 g/mol. The molecule has 1 aliphatic heterocycles. The number of rotatable bonds is 8. The van der Waals surface area contributed by atoms with Crippen molar-refractivity contribution in [2.45, 2.75) is 46.0 Å². The molecule has 0 bridgehead atoms. The van der Waals surface area contributed by atoms with Gasteiger partial charge in [0.25, 0.3) is 5.88 Å². The first-order valence-corrected chi connectivity index (χ1v) is 15.3. The van der Waals surface area contributed by atoms with Crippen LogP contribution in [0, 0.1) is 18.2 Å². The van der Waals surface area contributed by atoms with Gasteiger partial charge in [0.2, 0.25) is 0 Å². The zero-order valence-electron chi connectivity index (χ0n) is 24.8. The van der Waals surface area contributed by atoms with Gasteiger partial charge in [-0.25, -0.2) is 24.1 Å². The molecule has 2 aromatic carbocycles. The summed E-state index contributed by atoms with van der Waals surface area (Å²) in [6.07, 6.45) is -3.48. The highest BCUT2D eigenvalue weighted by Gasteiger charge is 2.39. The summed E-state index contributed by atoms with van der Waals surface area (Å²) in [6.45, 7) is 6.64. The van der Waals surface area contributed by atoms with E-state index in [1.807, 2.05) is 13.0 Å². The predicted octanol–water partition coefficient (Wildman–Crippen LogP) is 8.14. The van der Waals surface area contributed by atoms with Crippen LogP contribution in [0.1, 0.15) is 57.1 Å². The molecule has 1 aliphatic rings. The fraction of sp³-hybridized carbons (Fsp3) is 0.312. The summed E-state index contributed by atoms with van der Waals surface area (Å²) in [4.78, 5) is 23.7. The van der Waals surface area contributed by atoms with Gasteiger partial charge in [-0.2, -0.15) is 13.2 Å². The number of aromatic nitrogens is 4. The van der Waals surface area contributed by atoms with E-state index in [4.69, 9.17) is 26.1 Å². The van der Waals surface area contributed by atoms with Crippen LogP contribution in [-0.2, 0) is 23.9 Å². The van der Waals surface area contributed by atoms with Gasteiger partial charge in [-0.15, -0.1) is 11.3 Å². The van der Waals surface area contributed by atoms with E-state index in [0.717, 1.165) is 11.1 Å². The van der Waals surface area contributed by atoms with Gasteiger partial charge >= 0.3 is 12.1 Å². The zero-order valence-corrected chi connectivity index (χ0v) is 26.4. The lowest BCUT2D eigenvalue weighted by Gasteiger charge is -2.28. The lowest BCUT2D eigenvalue weighted by Crippen LogP contribution is -2.27. The Morgan fingerprint density at radius 2 is 1.98 bits per heavy atom. The molecule has 0 unspecified atom stereocenters. The summed E-state index contributed by atoms with van der Waals surface area (Å²) < 4.78 is 66.6. The minimum absolute atomic E-state index is 0.0280. The van der Waals surface area contributed by atoms with E-state index in [-0.39, 0.29) is 34.5 Å². The van der Waals surface area contributed by atoms with E-state index >= 15 is 0 Å². The van der Waals surface area contributed by atoms with Crippen LogP contribution in [0.4, 0.5) is 17.6 Å². The molecule has 5 aromatic rings. The Kier molecular flexibility index (Phi) is 8.28. The van der Waals surface area contributed by atoms with Crippen LogP contribution in [0.2, 0.25) is 5.02 Å². The number of aryl methyl sites for hydroxylation is 1. The number of benzene rings is 2. The van der Waals surface area contributed by atoms with Crippen LogP contribution in [0.25, 0.3) is 22.3 Å². The Morgan fingerprint density at radius 3 is 2.65 bits per heavy atom. The molecular formula is C32H27ClF4N4O4S. The summed E-state index contributed by atoms with van der Waals surface area (Å²) in [5.41, 5.74) is 3.77. The second kappa shape index (κ2) is 11.9. The molecule has 0 saturated carbocycles. The summed E-state index contributed by atoms with van der Waals surface area (Å²) >= 11 is 7.23. The van der Waals surface area contributed by atoms with E-state index in [2.05, 4.69) is 28.4 Å². The smallest absolute Gasteiger partial charge is 0.427 e. The number of alkyl halides is 3. The van der Waals surface area contributed by atoms with Crippen LogP contribution in [-0.4, -0.2) is 43.8 Å². The average molecular weight is 675 g/mol. The first-order chi connectivity index (χ1) is 21.7. The first-order valence-electron chi connectivity index (χ1n) is 14.1. The number of fused-ring (bicyclic) bond motifs is 1. The number of halogens is 5. The maximum absolute atomic E-state index is 14.6. The van der Waals surface area contributed by atoms with Gasteiger partial charge in [-0.05, 0) is 54.4 Å². The molecule has 46 heavy (non-hydrogen) atoms. The predicted molar refractivity (Wildman–Crippen MR) is 164 cm³/mol. The highest BCUT2D eigenvalue weighted by molar-refractivity contribution is 7.11. The van der Waals surface area contributed by atoms with Crippen molar-refractivity contribution in [1.29, 1.82) is 0 Å². The number of thiazole rings is 1. The van der Waals surface area contributed by atoms with Gasteiger partial charge in [-0.1, -0.05) is 31.5 Å². The molecule has 0 aliphatic carbocycles. The number of ether oxygens (including phenoxy) is 2. The molecule has 3 aromatic heterocycles. The number of hydrogen-bond donors (Lipinski definition) is 1. The van der Waals surface area contributed by atoms with Gasteiger partial charge in [-0.3, -0.25) is 0 Å². The molecule has 6 rings (SSSR count). The van der Waals surface area contributed by atoms with Crippen molar-refractivity contribution in [3.8, 4) is 17.1 Å². The number of nitrogens with zero attached hydrogens (tertiary/aromatic N) is 4. The van der Waals surface area contributed by atoms with Gasteiger partial charge in [0.1, 0.15) is 22.3 Å². The Labute approximate surface area is 269 Å². The third-order valence-corrected chi connectivity index (χ3v) is 9.34. The van der Waals surface area contributed by atoms with E-state index in [1.54, 1.807) is 18.2 Å². The number of carboxylic acid groups (broad SMARTS) is 1. The van der Waals surface area contributed by atoms with E-state index in [1.165, 1.54) is 18.2 Å². The van der Waals surface area contributed by atoms with Gasteiger partial charge in [0.15, 0.2) is 5.82 Å². The Balaban J connectivity index is 1.31. The maximum Gasteiger partial charge on any atom is 0.427 e. The standard InChI is InChI=1S/C32H27ClF4N4O4S/c1-16-8-18(10-27-39-23-6-4-17(30(42)43)9-24(23)41(27)25-13-44-15-31(25,2)3)20(33)11-19(16)22-7-5-21(34)29(40-22)45-14-28-38-12-26(46-28)32(35,36)37/h4-9,11-12,25H,10,13-15H2,1-3H3,(H,42,43)/t25-/m1/s1. The average Bonchev–Trinajstić information content (AvgIpc) is 3.70. The quantitative estimate of drug-likeness (QED) is 0.166. The number of imidazole rings is 1. The van der Waals surface area contributed by atoms with Crippen molar-refractivity contribution >= 4 is 39.9 Å². The number of pyridine rings is 1. The summed E-state index contributed by atoms with van der Waals surface area (Å²) in [5, 5.41) is 10.1. The van der Waals surface area contributed by atoms with Crippen molar-refractivity contribution < 1.29 is 36.9 Å². The third-order valence-electron chi connectivity index (χ3n) is 7.97. The normalized spacial score (nSPS) is 16.3. The Hall–Kier alpha value is -4.07. The number of carbonyl (C=O) groups is 1. The molecule has 0 amide bonds. The minimum Gasteiger partial charge on any atom is -0.478 e. The van der Waals surface area contributed by atoms with Gasteiger partial charge in [0.05, 0.1) is 47.7 Å². The van der Waals surface area contributed by atoms with Crippen molar-refractivity contribution in [2.75, 3.05) is 13.2 Å².